The zero-order valence-electron chi connectivity index (χ0n) is 10.6. The Bertz CT molecular complexity index is 627. The number of halogens is 3. The summed E-state index contributed by atoms with van der Waals surface area (Å²) in [5.74, 6) is -1.40. The molecule has 0 atom stereocenters. The second-order valence-corrected chi connectivity index (χ2v) is 5.15. The van der Waals surface area contributed by atoms with Crippen molar-refractivity contribution >= 4 is 23.0 Å². The van der Waals surface area contributed by atoms with Gasteiger partial charge in [0, 0.05) is 30.2 Å². The third-order valence-corrected chi connectivity index (χ3v) is 3.55. The highest BCUT2D eigenvalue weighted by Gasteiger charge is 2.31. The van der Waals surface area contributed by atoms with Crippen molar-refractivity contribution in [3.63, 3.8) is 0 Å². The van der Waals surface area contributed by atoms with Gasteiger partial charge in [0.15, 0.2) is 0 Å². The average Bonchev–Trinajstić information content (AvgIpc) is 2.90. The molecule has 21 heavy (non-hydrogen) atoms. The van der Waals surface area contributed by atoms with Crippen LogP contribution in [-0.2, 0) is 12.6 Å². The van der Waals surface area contributed by atoms with Crippen LogP contribution in [0.3, 0.4) is 0 Å². The Balaban J connectivity index is 2.13. The molecule has 0 saturated carbocycles. The lowest BCUT2D eigenvalue weighted by Crippen LogP contribution is -2.12. The van der Waals surface area contributed by atoms with Gasteiger partial charge in [0.1, 0.15) is 0 Å². The summed E-state index contributed by atoms with van der Waals surface area (Å²) >= 11 is 1.46. The van der Waals surface area contributed by atoms with Gasteiger partial charge in [-0.3, -0.25) is 0 Å². The number of anilines is 1. The van der Waals surface area contributed by atoms with E-state index in [2.05, 4.69) is 10.3 Å². The van der Waals surface area contributed by atoms with Crippen LogP contribution in [0, 0.1) is 0 Å². The van der Waals surface area contributed by atoms with Crippen molar-refractivity contribution in [2.24, 2.45) is 0 Å². The van der Waals surface area contributed by atoms with Gasteiger partial charge in [-0.15, -0.1) is 11.3 Å². The summed E-state index contributed by atoms with van der Waals surface area (Å²) < 4.78 is 37.7. The Kier molecular flexibility index (Phi) is 4.46. The van der Waals surface area contributed by atoms with E-state index < -0.39 is 23.3 Å². The number of thiazole rings is 1. The van der Waals surface area contributed by atoms with Crippen LogP contribution in [0.1, 0.15) is 20.9 Å². The minimum absolute atomic E-state index is 0.159. The molecule has 0 bridgehead atoms. The Labute approximate surface area is 122 Å². The molecule has 0 amide bonds. The monoisotopic (exact) mass is 316 g/mol. The summed E-state index contributed by atoms with van der Waals surface area (Å²) in [6.45, 7) is 0.388. The normalized spacial score (nSPS) is 11.4. The zero-order chi connectivity index (χ0) is 15.5. The van der Waals surface area contributed by atoms with Crippen LogP contribution in [-0.4, -0.2) is 22.6 Å². The molecule has 0 aliphatic rings. The smallest absolute Gasteiger partial charge is 0.416 e. The summed E-state index contributed by atoms with van der Waals surface area (Å²) in [5.41, 5.74) is -1.22. The number of benzene rings is 1. The van der Waals surface area contributed by atoms with Gasteiger partial charge in [-0.2, -0.15) is 13.2 Å². The maximum Gasteiger partial charge on any atom is 0.416 e. The van der Waals surface area contributed by atoms with E-state index >= 15 is 0 Å². The van der Waals surface area contributed by atoms with E-state index in [1.165, 1.54) is 11.3 Å². The molecule has 112 valence electrons. The SMILES string of the molecule is O=C(O)c1cc(C(F)(F)F)ccc1NCCc1nccs1. The van der Waals surface area contributed by atoms with Gasteiger partial charge in [0.25, 0.3) is 0 Å². The highest BCUT2D eigenvalue weighted by Crippen LogP contribution is 2.31. The molecule has 0 fully saturated rings. The van der Waals surface area contributed by atoms with Crippen LogP contribution in [0.4, 0.5) is 18.9 Å². The largest absolute Gasteiger partial charge is 0.478 e. The lowest BCUT2D eigenvalue weighted by atomic mass is 10.1. The lowest BCUT2D eigenvalue weighted by Gasteiger charge is -2.12. The second kappa shape index (κ2) is 6.13. The van der Waals surface area contributed by atoms with Crippen molar-refractivity contribution in [3.05, 3.63) is 45.9 Å². The Morgan fingerprint density at radius 1 is 1.38 bits per heavy atom. The first-order valence-electron chi connectivity index (χ1n) is 5.94. The predicted octanol–water partition coefficient (Wildman–Crippen LogP) is 3.51. The topological polar surface area (TPSA) is 62.2 Å². The third-order valence-electron chi connectivity index (χ3n) is 2.72. The zero-order valence-corrected chi connectivity index (χ0v) is 11.5. The Morgan fingerprint density at radius 3 is 2.71 bits per heavy atom. The van der Waals surface area contributed by atoms with Gasteiger partial charge in [0.2, 0.25) is 0 Å². The van der Waals surface area contributed by atoms with E-state index in [1.807, 2.05) is 5.38 Å². The molecule has 1 heterocycles. The number of carboxylic acid groups (broad SMARTS) is 1. The fourth-order valence-electron chi connectivity index (χ4n) is 1.73. The average molecular weight is 316 g/mol. The van der Waals surface area contributed by atoms with Crippen molar-refractivity contribution in [1.29, 1.82) is 0 Å². The summed E-state index contributed by atoms with van der Waals surface area (Å²) in [7, 11) is 0. The lowest BCUT2D eigenvalue weighted by molar-refractivity contribution is -0.137. The molecule has 0 spiro atoms. The van der Waals surface area contributed by atoms with Gasteiger partial charge in [-0.1, -0.05) is 0 Å². The van der Waals surface area contributed by atoms with Crippen LogP contribution in [0.2, 0.25) is 0 Å². The van der Waals surface area contributed by atoms with E-state index in [-0.39, 0.29) is 5.69 Å². The van der Waals surface area contributed by atoms with Crippen LogP contribution in [0.15, 0.2) is 29.8 Å². The standard InChI is InChI=1S/C13H11F3N2O2S/c14-13(15,16)8-1-2-10(9(7-8)12(19)20)17-4-3-11-18-5-6-21-11/h1-2,5-7,17H,3-4H2,(H,19,20). The number of aromatic nitrogens is 1. The number of aromatic carboxylic acids is 1. The molecule has 0 radical (unpaired) electrons. The maximum atomic E-state index is 12.6. The van der Waals surface area contributed by atoms with Crippen molar-refractivity contribution in [2.75, 3.05) is 11.9 Å². The number of rotatable bonds is 5. The summed E-state index contributed by atoms with van der Waals surface area (Å²) in [6, 6.07) is 2.63. The molecule has 1 aromatic carbocycles. The predicted molar refractivity (Wildman–Crippen MR) is 72.7 cm³/mol. The molecule has 2 N–H and O–H groups in total. The maximum absolute atomic E-state index is 12.6. The molecule has 2 rings (SSSR count). The molecule has 2 aromatic rings. The number of carboxylic acids is 1. The van der Waals surface area contributed by atoms with Crippen LogP contribution in [0.25, 0.3) is 0 Å². The highest BCUT2D eigenvalue weighted by atomic mass is 32.1. The number of carbonyl (C=O) groups is 1. The fraction of sp³-hybridized carbons (Fsp3) is 0.231. The Hall–Kier alpha value is -2.09. The second-order valence-electron chi connectivity index (χ2n) is 4.17. The summed E-state index contributed by atoms with van der Waals surface area (Å²) in [6.07, 6.45) is -2.35. The minimum Gasteiger partial charge on any atom is -0.478 e. The van der Waals surface area contributed by atoms with Gasteiger partial charge in [-0.25, -0.2) is 9.78 Å². The molecule has 0 unspecified atom stereocenters. The number of hydrogen-bond donors (Lipinski definition) is 2. The molecule has 8 heteroatoms. The van der Waals surface area contributed by atoms with Crippen molar-refractivity contribution in [2.45, 2.75) is 12.6 Å². The molecular formula is C13H11F3N2O2S. The molecule has 0 aliphatic carbocycles. The van der Waals surface area contributed by atoms with Gasteiger partial charge in [-0.05, 0) is 18.2 Å². The number of hydrogen-bond acceptors (Lipinski definition) is 4. The van der Waals surface area contributed by atoms with Gasteiger partial charge >= 0.3 is 12.1 Å². The number of alkyl halides is 3. The highest BCUT2D eigenvalue weighted by molar-refractivity contribution is 7.09. The molecular weight excluding hydrogens is 305 g/mol. The van der Waals surface area contributed by atoms with E-state index in [9.17, 15) is 18.0 Å². The fourth-order valence-corrected chi connectivity index (χ4v) is 2.35. The van der Waals surface area contributed by atoms with Crippen molar-refractivity contribution < 1.29 is 23.1 Å². The van der Waals surface area contributed by atoms with E-state index in [0.29, 0.717) is 19.0 Å². The number of nitrogens with one attached hydrogen (secondary N) is 1. The van der Waals surface area contributed by atoms with Crippen LogP contribution < -0.4 is 5.32 Å². The quantitative estimate of drug-likeness (QED) is 0.886. The van der Waals surface area contributed by atoms with Crippen molar-refractivity contribution in [1.82, 2.24) is 4.98 Å². The van der Waals surface area contributed by atoms with Crippen molar-refractivity contribution in [3.8, 4) is 0 Å². The summed E-state index contributed by atoms with van der Waals surface area (Å²) in [5, 5.41) is 14.5. The van der Waals surface area contributed by atoms with E-state index in [0.717, 1.165) is 17.1 Å². The number of nitrogens with zero attached hydrogens (tertiary/aromatic N) is 1. The molecule has 0 aliphatic heterocycles. The van der Waals surface area contributed by atoms with Crippen LogP contribution in [0.5, 0.6) is 0 Å². The molecule has 0 saturated heterocycles. The first-order chi connectivity index (χ1) is 9.88. The van der Waals surface area contributed by atoms with Crippen LogP contribution >= 0.6 is 11.3 Å². The third kappa shape index (κ3) is 3.94. The Morgan fingerprint density at radius 2 is 2.14 bits per heavy atom. The molecule has 1 aromatic heterocycles. The van der Waals surface area contributed by atoms with E-state index in [4.69, 9.17) is 5.11 Å². The minimum atomic E-state index is -4.57. The first kappa shape index (κ1) is 15.3. The molecule has 4 nitrogen and oxygen atoms in total. The first-order valence-corrected chi connectivity index (χ1v) is 6.82. The summed E-state index contributed by atoms with van der Waals surface area (Å²) in [4.78, 5) is 15.1. The van der Waals surface area contributed by atoms with E-state index in [1.54, 1.807) is 6.20 Å². The van der Waals surface area contributed by atoms with Gasteiger partial charge in [0.05, 0.1) is 16.1 Å². The van der Waals surface area contributed by atoms with Gasteiger partial charge < -0.3 is 10.4 Å².